The SMILES string of the molecule is Cn1ncc(N2CCN(Cc3ccc(Cl)s3)CC2)c(Br)c1=O. The van der Waals surface area contributed by atoms with Crippen molar-refractivity contribution in [2.75, 3.05) is 31.1 Å². The highest BCUT2D eigenvalue weighted by molar-refractivity contribution is 9.10. The standard InChI is InChI=1S/C14H16BrClN4OS/c1-18-14(21)13(15)11(8-17-18)20-6-4-19(5-7-20)9-10-2-3-12(16)22-10/h2-3,8H,4-7,9H2,1H3. The molecule has 0 spiro atoms. The van der Waals surface area contributed by atoms with Crippen LogP contribution >= 0.6 is 38.9 Å². The predicted octanol–water partition coefficient (Wildman–Crippen LogP) is 2.58. The monoisotopic (exact) mass is 402 g/mol. The number of aryl methyl sites for hydroxylation is 1. The molecule has 0 radical (unpaired) electrons. The summed E-state index contributed by atoms with van der Waals surface area (Å²) in [6.45, 7) is 4.61. The van der Waals surface area contributed by atoms with Crippen molar-refractivity contribution in [2.24, 2.45) is 7.05 Å². The van der Waals surface area contributed by atoms with Gasteiger partial charge < -0.3 is 4.90 Å². The van der Waals surface area contributed by atoms with Crippen molar-refractivity contribution in [3.8, 4) is 0 Å². The number of hydrogen-bond acceptors (Lipinski definition) is 5. The van der Waals surface area contributed by atoms with Crippen molar-refractivity contribution >= 4 is 44.6 Å². The Morgan fingerprint density at radius 1 is 1.32 bits per heavy atom. The summed E-state index contributed by atoms with van der Waals surface area (Å²) >= 11 is 11.0. The molecule has 22 heavy (non-hydrogen) atoms. The Morgan fingerprint density at radius 3 is 2.68 bits per heavy atom. The van der Waals surface area contributed by atoms with Crippen LogP contribution in [0.5, 0.6) is 0 Å². The lowest BCUT2D eigenvalue weighted by atomic mass is 10.2. The van der Waals surface area contributed by atoms with E-state index in [2.05, 4.69) is 36.9 Å². The molecule has 5 nitrogen and oxygen atoms in total. The van der Waals surface area contributed by atoms with Gasteiger partial charge in [-0.15, -0.1) is 11.3 Å². The number of rotatable bonds is 3. The van der Waals surface area contributed by atoms with Gasteiger partial charge in [-0.1, -0.05) is 11.6 Å². The predicted molar refractivity (Wildman–Crippen MR) is 94.0 cm³/mol. The lowest BCUT2D eigenvalue weighted by Gasteiger charge is -2.36. The second-order valence-corrected chi connectivity index (χ2v) is 7.83. The maximum atomic E-state index is 11.9. The maximum Gasteiger partial charge on any atom is 0.282 e. The van der Waals surface area contributed by atoms with E-state index in [0.29, 0.717) is 4.47 Å². The van der Waals surface area contributed by atoms with Gasteiger partial charge in [-0.25, -0.2) is 4.68 Å². The molecule has 0 N–H and O–H groups in total. The molecule has 1 saturated heterocycles. The Kier molecular flexibility index (Phi) is 4.87. The molecular formula is C14H16BrClN4OS. The van der Waals surface area contributed by atoms with Crippen LogP contribution in [0, 0.1) is 0 Å². The fraction of sp³-hybridized carbons (Fsp3) is 0.429. The first kappa shape index (κ1) is 16.0. The van der Waals surface area contributed by atoms with Gasteiger partial charge in [0.15, 0.2) is 0 Å². The fourth-order valence-electron chi connectivity index (χ4n) is 2.53. The minimum atomic E-state index is -0.104. The van der Waals surface area contributed by atoms with Gasteiger partial charge in [-0.2, -0.15) is 5.10 Å². The van der Waals surface area contributed by atoms with Gasteiger partial charge in [0.2, 0.25) is 0 Å². The summed E-state index contributed by atoms with van der Waals surface area (Å²) in [5.74, 6) is 0. The molecule has 0 unspecified atom stereocenters. The molecule has 2 aromatic heterocycles. The van der Waals surface area contributed by atoms with Crippen LogP contribution in [0.1, 0.15) is 4.88 Å². The Hall–Kier alpha value is -0.890. The van der Waals surface area contributed by atoms with Crippen molar-refractivity contribution in [1.29, 1.82) is 0 Å². The highest BCUT2D eigenvalue weighted by Gasteiger charge is 2.21. The van der Waals surface area contributed by atoms with E-state index in [0.717, 1.165) is 42.7 Å². The summed E-state index contributed by atoms with van der Waals surface area (Å²) in [6, 6.07) is 4.03. The topological polar surface area (TPSA) is 41.4 Å². The Morgan fingerprint density at radius 2 is 2.05 bits per heavy atom. The van der Waals surface area contributed by atoms with Crippen molar-refractivity contribution < 1.29 is 0 Å². The average molecular weight is 404 g/mol. The third kappa shape index (κ3) is 3.37. The number of anilines is 1. The van der Waals surface area contributed by atoms with E-state index in [-0.39, 0.29) is 5.56 Å². The fourth-order valence-corrected chi connectivity index (χ4v) is 4.27. The van der Waals surface area contributed by atoms with Gasteiger partial charge in [-0.05, 0) is 28.1 Å². The zero-order valence-corrected chi connectivity index (χ0v) is 15.3. The van der Waals surface area contributed by atoms with Crippen LogP contribution in [0.2, 0.25) is 4.34 Å². The van der Waals surface area contributed by atoms with Crippen LogP contribution in [0.4, 0.5) is 5.69 Å². The number of aromatic nitrogens is 2. The van der Waals surface area contributed by atoms with E-state index in [1.165, 1.54) is 9.56 Å². The molecule has 8 heteroatoms. The molecule has 0 atom stereocenters. The van der Waals surface area contributed by atoms with Crippen LogP contribution < -0.4 is 10.5 Å². The van der Waals surface area contributed by atoms with E-state index >= 15 is 0 Å². The third-order valence-electron chi connectivity index (χ3n) is 3.78. The molecule has 0 amide bonds. The van der Waals surface area contributed by atoms with E-state index in [4.69, 9.17) is 11.6 Å². The van der Waals surface area contributed by atoms with Crippen LogP contribution in [0.25, 0.3) is 0 Å². The van der Waals surface area contributed by atoms with Gasteiger partial charge in [0.05, 0.1) is 16.2 Å². The Labute approximate surface area is 146 Å². The lowest BCUT2D eigenvalue weighted by molar-refractivity contribution is 0.251. The number of thiophene rings is 1. The number of halogens is 2. The van der Waals surface area contributed by atoms with Gasteiger partial charge in [0, 0.05) is 44.6 Å². The second-order valence-electron chi connectivity index (χ2n) is 5.24. The van der Waals surface area contributed by atoms with E-state index in [1.54, 1.807) is 24.6 Å². The van der Waals surface area contributed by atoms with Gasteiger partial charge in [0.1, 0.15) is 4.47 Å². The average Bonchev–Trinajstić information content (AvgIpc) is 2.91. The largest absolute Gasteiger partial charge is 0.367 e. The van der Waals surface area contributed by atoms with Gasteiger partial charge in [0.25, 0.3) is 5.56 Å². The van der Waals surface area contributed by atoms with Crippen molar-refractivity contribution in [3.63, 3.8) is 0 Å². The minimum Gasteiger partial charge on any atom is -0.367 e. The Bertz CT molecular complexity index is 724. The number of hydrogen-bond donors (Lipinski definition) is 0. The van der Waals surface area contributed by atoms with Gasteiger partial charge >= 0.3 is 0 Å². The minimum absolute atomic E-state index is 0.104. The molecule has 1 fully saturated rings. The number of piperazine rings is 1. The van der Waals surface area contributed by atoms with Crippen LogP contribution in [0.15, 0.2) is 27.6 Å². The summed E-state index contributed by atoms with van der Waals surface area (Å²) in [6.07, 6.45) is 1.75. The molecule has 3 heterocycles. The summed E-state index contributed by atoms with van der Waals surface area (Å²) in [5.41, 5.74) is 0.773. The first-order valence-corrected chi connectivity index (χ1v) is 8.96. The quantitative estimate of drug-likeness (QED) is 0.790. The molecule has 0 bridgehead atoms. The molecule has 1 aliphatic heterocycles. The van der Waals surface area contributed by atoms with Gasteiger partial charge in [-0.3, -0.25) is 9.69 Å². The molecule has 0 aliphatic carbocycles. The molecule has 0 saturated carbocycles. The lowest BCUT2D eigenvalue weighted by Crippen LogP contribution is -2.46. The molecule has 1 aliphatic rings. The van der Waals surface area contributed by atoms with E-state index in [1.807, 2.05) is 6.07 Å². The van der Waals surface area contributed by atoms with E-state index in [9.17, 15) is 4.79 Å². The molecule has 2 aromatic rings. The summed E-state index contributed by atoms with van der Waals surface area (Å²) in [4.78, 5) is 17.8. The zero-order valence-electron chi connectivity index (χ0n) is 12.1. The normalized spacial score (nSPS) is 16.2. The first-order valence-electron chi connectivity index (χ1n) is 6.98. The maximum absolute atomic E-state index is 11.9. The smallest absolute Gasteiger partial charge is 0.282 e. The summed E-state index contributed by atoms with van der Waals surface area (Å²) < 4.78 is 2.76. The van der Waals surface area contributed by atoms with Crippen molar-refractivity contribution in [2.45, 2.75) is 6.54 Å². The Balaban J connectivity index is 1.64. The molecule has 3 rings (SSSR count). The van der Waals surface area contributed by atoms with E-state index < -0.39 is 0 Å². The van der Waals surface area contributed by atoms with Crippen LogP contribution in [0.3, 0.4) is 0 Å². The zero-order chi connectivity index (χ0) is 15.7. The van der Waals surface area contributed by atoms with Crippen LogP contribution in [-0.4, -0.2) is 40.9 Å². The molecule has 0 aromatic carbocycles. The first-order chi connectivity index (χ1) is 10.5. The highest BCUT2D eigenvalue weighted by Crippen LogP contribution is 2.25. The summed E-state index contributed by atoms with van der Waals surface area (Å²) in [5, 5.41) is 4.11. The third-order valence-corrected chi connectivity index (χ3v) is 5.74. The van der Waals surface area contributed by atoms with Crippen molar-refractivity contribution in [3.05, 3.63) is 42.4 Å². The van der Waals surface area contributed by atoms with Crippen molar-refractivity contribution in [1.82, 2.24) is 14.7 Å². The summed E-state index contributed by atoms with van der Waals surface area (Å²) in [7, 11) is 1.65. The second kappa shape index (κ2) is 6.70. The molecule has 118 valence electrons. The highest BCUT2D eigenvalue weighted by atomic mass is 79.9. The number of nitrogens with zero attached hydrogens (tertiary/aromatic N) is 4. The van der Waals surface area contributed by atoms with Crippen LogP contribution in [-0.2, 0) is 13.6 Å². The molecular weight excluding hydrogens is 388 g/mol.